The summed E-state index contributed by atoms with van der Waals surface area (Å²) in [5, 5.41) is 0. The van der Waals surface area contributed by atoms with E-state index in [1.165, 1.54) is 25.9 Å². The molecule has 2 heterocycles. The van der Waals surface area contributed by atoms with Gasteiger partial charge in [0.15, 0.2) is 5.96 Å². The van der Waals surface area contributed by atoms with Crippen LogP contribution in [-0.4, -0.2) is 67.7 Å². The second-order valence-corrected chi connectivity index (χ2v) is 5.92. The molecule has 2 aliphatic rings. The number of likely N-dealkylation sites (tertiary alicyclic amines) is 1. The average molecular weight is 396 g/mol. The summed E-state index contributed by atoms with van der Waals surface area (Å²) in [7, 11) is 0. The Hall–Kier alpha value is -0.0800. The van der Waals surface area contributed by atoms with E-state index < -0.39 is 0 Å². The standard InChI is InChI=1S/C14H28N4O.HI/c1-12-4-3-6-17(10-12)7-5-16-14(15)18-8-9-19-13(2)11-18;/h12-13H,3-11H2,1-2H3,(H2,15,16);1H. The molecule has 6 heteroatoms. The zero-order valence-corrected chi connectivity index (χ0v) is 15.1. The monoisotopic (exact) mass is 396 g/mol. The van der Waals surface area contributed by atoms with Gasteiger partial charge in [-0.1, -0.05) is 6.92 Å². The molecule has 2 aliphatic heterocycles. The Morgan fingerprint density at radius 2 is 2.10 bits per heavy atom. The Bertz CT molecular complexity index is 314. The molecule has 0 aromatic rings. The molecule has 0 saturated carbocycles. The number of rotatable bonds is 3. The van der Waals surface area contributed by atoms with Crippen LogP contribution in [0.5, 0.6) is 0 Å². The highest BCUT2D eigenvalue weighted by Gasteiger charge is 2.18. The molecule has 0 aromatic carbocycles. The number of guanidine groups is 1. The molecule has 0 spiro atoms. The highest BCUT2D eigenvalue weighted by molar-refractivity contribution is 14.0. The third-order valence-electron chi connectivity index (χ3n) is 4.00. The number of hydrogen-bond donors (Lipinski definition) is 1. The summed E-state index contributed by atoms with van der Waals surface area (Å²) in [6.07, 6.45) is 2.94. The average Bonchev–Trinajstić information content (AvgIpc) is 2.38. The number of halogens is 1. The van der Waals surface area contributed by atoms with Gasteiger partial charge in [0, 0.05) is 26.2 Å². The normalized spacial score (nSPS) is 29.1. The van der Waals surface area contributed by atoms with Gasteiger partial charge in [0.05, 0.1) is 19.3 Å². The predicted octanol–water partition coefficient (Wildman–Crippen LogP) is 1.37. The van der Waals surface area contributed by atoms with Crippen molar-refractivity contribution in [1.29, 1.82) is 0 Å². The molecule has 2 atom stereocenters. The van der Waals surface area contributed by atoms with Crippen LogP contribution in [0.15, 0.2) is 4.99 Å². The van der Waals surface area contributed by atoms with Crippen LogP contribution in [0, 0.1) is 5.92 Å². The molecule has 20 heavy (non-hydrogen) atoms. The summed E-state index contributed by atoms with van der Waals surface area (Å²) in [6, 6.07) is 0. The van der Waals surface area contributed by atoms with Crippen LogP contribution in [0.25, 0.3) is 0 Å². The lowest BCUT2D eigenvalue weighted by Gasteiger charge is -2.32. The van der Waals surface area contributed by atoms with E-state index in [4.69, 9.17) is 10.5 Å². The van der Waals surface area contributed by atoms with Gasteiger partial charge >= 0.3 is 0 Å². The number of ether oxygens (including phenoxy) is 1. The zero-order valence-electron chi connectivity index (χ0n) is 12.8. The van der Waals surface area contributed by atoms with Gasteiger partial charge in [0.25, 0.3) is 0 Å². The fourth-order valence-electron chi connectivity index (χ4n) is 2.92. The van der Waals surface area contributed by atoms with E-state index in [1.54, 1.807) is 0 Å². The van der Waals surface area contributed by atoms with Gasteiger partial charge in [0.1, 0.15) is 0 Å². The first-order valence-electron chi connectivity index (χ1n) is 7.54. The first kappa shape index (κ1) is 18.0. The Morgan fingerprint density at radius 1 is 1.30 bits per heavy atom. The lowest BCUT2D eigenvalue weighted by Crippen LogP contribution is -2.48. The fourth-order valence-corrected chi connectivity index (χ4v) is 2.92. The van der Waals surface area contributed by atoms with Crippen LogP contribution in [0.4, 0.5) is 0 Å². The van der Waals surface area contributed by atoms with Crippen molar-refractivity contribution >= 4 is 29.9 Å². The van der Waals surface area contributed by atoms with E-state index in [1.807, 2.05) is 0 Å². The summed E-state index contributed by atoms with van der Waals surface area (Å²) in [5.74, 6) is 1.51. The van der Waals surface area contributed by atoms with E-state index in [0.29, 0.717) is 5.96 Å². The van der Waals surface area contributed by atoms with Gasteiger partial charge in [0.2, 0.25) is 0 Å². The summed E-state index contributed by atoms with van der Waals surface area (Å²) in [4.78, 5) is 9.16. The van der Waals surface area contributed by atoms with E-state index in [0.717, 1.165) is 38.7 Å². The number of nitrogens with zero attached hydrogens (tertiary/aromatic N) is 3. The van der Waals surface area contributed by atoms with Gasteiger partial charge in [-0.15, -0.1) is 24.0 Å². The summed E-state index contributed by atoms with van der Waals surface area (Å²) >= 11 is 0. The maximum Gasteiger partial charge on any atom is 0.191 e. The predicted molar refractivity (Wildman–Crippen MR) is 93.7 cm³/mol. The molecule has 0 radical (unpaired) electrons. The number of nitrogens with two attached hydrogens (primary N) is 1. The molecule has 0 aromatic heterocycles. The highest BCUT2D eigenvalue weighted by Crippen LogP contribution is 2.14. The van der Waals surface area contributed by atoms with E-state index >= 15 is 0 Å². The maximum absolute atomic E-state index is 6.06. The molecule has 0 amide bonds. The Kier molecular flexibility index (Phi) is 8.13. The lowest BCUT2D eigenvalue weighted by atomic mass is 10.0. The van der Waals surface area contributed by atoms with Gasteiger partial charge in [-0.2, -0.15) is 0 Å². The topological polar surface area (TPSA) is 54.1 Å². The van der Waals surface area contributed by atoms with Crippen molar-refractivity contribution in [2.24, 2.45) is 16.6 Å². The van der Waals surface area contributed by atoms with Crippen molar-refractivity contribution in [2.45, 2.75) is 32.8 Å². The minimum Gasteiger partial charge on any atom is -0.375 e. The number of piperidine rings is 1. The quantitative estimate of drug-likeness (QED) is 0.445. The van der Waals surface area contributed by atoms with Crippen LogP contribution in [0.1, 0.15) is 26.7 Å². The van der Waals surface area contributed by atoms with E-state index in [-0.39, 0.29) is 30.1 Å². The molecule has 2 N–H and O–H groups in total. The SMILES string of the molecule is CC1CCCN(CCN=C(N)N2CCOC(C)C2)C1.I. The number of morpholine rings is 1. The van der Waals surface area contributed by atoms with Gasteiger partial charge < -0.3 is 20.3 Å². The molecule has 2 saturated heterocycles. The second kappa shape index (κ2) is 9.04. The van der Waals surface area contributed by atoms with Crippen LogP contribution >= 0.6 is 24.0 Å². The largest absolute Gasteiger partial charge is 0.375 e. The van der Waals surface area contributed by atoms with Crippen molar-refractivity contribution in [3.63, 3.8) is 0 Å². The Morgan fingerprint density at radius 3 is 2.80 bits per heavy atom. The molecule has 0 aliphatic carbocycles. The summed E-state index contributed by atoms with van der Waals surface area (Å²) in [5.41, 5.74) is 6.06. The minimum absolute atomic E-state index is 0. The maximum atomic E-state index is 6.06. The molecular formula is C14H29IN4O. The smallest absolute Gasteiger partial charge is 0.191 e. The number of hydrogen-bond acceptors (Lipinski definition) is 3. The van der Waals surface area contributed by atoms with Gasteiger partial charge in [-0.05, 0) is 32.2 Å². The van der Waals surface area contributed by atoms with Crippen LogP contribution in [0.3, 0.4) is 0 Å². The van der Waals surface area contributed by atoms with Crippen molar-refractivity contribution in [2.75, 3.05) is 45.9 Å². The van der Waals surface area contributed by atoms with Crippen LogP contribution in [0.2, 0.25) is 0 Å². The van der Waals surface area contributed by atoms with Gasteiger partial charge in [-0.3, -0.25) is 4.99 Å². The lowest BCUT2D eigenvalue weighted by molar-refractivity contribution is 0.00528. The van der Waals surface area contributed by atoms with Crippen molar-refractivity contribution < 1.29 is 4.74 Å². The Labute approximate surface area is 139 Å². The van der Waals surface area contributed by atoms with Crippen LogP contribution in [-0.2, 0) is 4.74 Å². The number of aliphatic imine (C=N–C) groups is 1. The van der Waals surface area contributed by atoms with Crippen molar-refractivity contribution in [3.05, 3.63) is 0 Å². The zero-order chi connectivity index (χ0) is 13.7. The molecule has 0 bridgehead atoms. The second-order valence-electron chi connectivity index (χ2n) is 5.92. The minimum atomic E-state index is 0. The molecule has 5 nitrogen and oxygen atoms in total. The van der Waals surface area contributed by atoms with Crippen molar-refractivity contribution in [3.8, 4) is 0 Å². The summed E-state index contributed by atoms with van der Waals surface area (Å²) in [6.45, 7) is 11.2. The summed E-state index contributed by atoms with van der Waals surface area (Å²) < 4.78 is 5.51. The first-order chi connectivity index (χ1) is 9.15. The van der Waals surface area contributed by atoms with E-state index in [9.17, 15) is 0 Å². The molecule has 2 fully saturated rings. The molecule has 2 unspecified atom stereocenters. The third kappa shape index (κ3) is 5.73. The van der Waals surface area contributed by atoms with E-state index in [2.05, 4.69) is 28.6 Å². The Balaban J connectivity index is 0.00000200. The molecule has 2 rings (SSSR count). The fraction of sp³-hybridized carbons (Fsp3) is 0.929. The van der Waals surface area contributed by atoms with Gasteiger partial charge in [-0.25, -0.2) is 0 Å². The molecular weight excluding hydrogens is 367 g/mol. The van der Waals surface area contributed by atoms with Crippen molar-refractivity contribution in [1.82, 2.24) is 9.80 Å². The highest BCUT2D eigenvalue weighted by atomic mass is 127. The van der Waals surface area contributed by atoms with Crippen LogP contribution < -0.4 is 5.73 Å². The first-order valence-corrected chi connectivity index (χ1v) is 7.54. The molecule has 118 valence electrons. The third-order valence-corrected chi connectivity index (χ3v) is 4.00.